The van der Waals surface area contributed by atoms with Crippen LogP contribution in [0.2, 0.25) is 0 Å². The molecule has 252 valence electrons. The van der Waals surface area contributed by atoms with Gasteiger partial charge in [0, 0.05) is 80.8 Å². The molecule has 0 bridgehead atoms. The Hall–Kier alpha value is -4.87. The summed E-state index contributed by atoms with van der Waals surface area (Å²) < 4.78 is 26.0. The molecule has 5 aromatic rings. The number of fused-ring (bicyclic) bond motifs is 1. The van der Waals surface area contributed by atoms with Gasteiger partial charge in [0.2, 0.25) is 5.95 Å². The maximum absolute atomic E-state index is 13.0. The zero-order valence-corrected chi connectivity index (χ0v) is 29.2. The van der Waals surface area contributed by atoms with Crippen molar-refractivity contribution in [1.82, 2.24) is 20.3 Å². The number of sulfone groups is 1. The quantitative estimate of drug-likeness (QED) is 0.183. The maximum atomic E-state index is 13.0. The van der Waals surface area contributed by atoms with E-state index < -0.39 is 9.84 Å². The van der Waals surface area contributed by atoms with Gasteiger partial charge < -0.3 is 20.4 Å². The molecule has 7 rings (SSSR count). The van der Waals surface area contributed by atoms with Gasteiger partial charge in [0.25, 0.3) is 0 Å². The smallest absolute Gasteiger partial charge is 0.226 e. The molecule has 2 N–H and O–H groups in total. The van der Waals surface area contributed by atoms with E-state index in [-0.39, 0.29) is 22.8 Å². The fraction of sp³-hybridized carbons (Fsp3) is 0.316. The molecule has 3 aromatic carbocycles. The van der Waals surface area contributed by atoms with Crippen LogP contribution in [-0.4, -0.2) is 80.4 Å². The van der Waals surface area contributed by atoms with Gasteiger partial charge in [-0.05, 0) is 35.1 Å². The summed E-state index contributed by atoms with van der Waals surface area (Å²) in [6.07, 6.45) is 3.65. The molecule has 0 spiro atoms. The molecule has 11 heteroatoms. The van der Waals surface area contributed by atoms with Crippen molar-refractivity contribution >= 4 is 55.3 Å². The highest BCUT2D eigenvalue weighted by molar-refractivity contribution is 7.92. The Morgan fingerprint density at radius 1 is 0.939 bits per heavy atom. The number of aliphatic imine (C=N–C) groups is 1. The van der Waals surface area contributed by atoms with Gasteiger partial charge in [-0.25, -0.2) is 23.4 Å². The highest BCUT2D eigenvalue weighted by Crippen LogP contribution is 2.44. The van der Waals surface area contributed by atoms with E-state index in [1.54, 1.807) is 6.20 Å². The van der Waals surface area contributed by atoms with E-state index in [0.29, 0.717) is 43.8 Å². The number of anilines is 4. The predicted molar refractivity (Wildman–Crippen MR) is 200 cm³/mol. The van der Waals surface area contributed by atoms with Gasteiger partial charge in [0.05, 0.1) is 22.4 Å². The third kappa shape index (κ3) is 6.73. The Labute approximate surface area is 288 Å². The van der Waals surface area contributed by atoms with Crippen molar-refractivity contribution in [2.75, 3.05) is 61.1 Å². The maximum Gasteiger partial charge on any atom is 0.226 e. The fourth-order valence-electron chi connectivity index (χ4n) is 6.85. The Kier molecular flexibility index (Phi) is 9.04. The fourth-order valence-corrected chi connectivity index (χ4v) is 8.71. The van der Waals surface area contributed by atoms with Crippen molar-refractivity contribution < 1.29 is 8.42 Å². The average Bonchev–Trinajstić information content (AvgIpc) is 3.07. The summed E-state index contributed by atoms with van der Waals surface area (Å²) >= 11 is 0. The summed E-state index contributed by atoms with van der Waals surface area (Å²) in [5.41, 5.74) is 5.94. The summed E-state index contributed by atoms with van der Waals surface area (Å²) in [4.78, 5) is 23.4. The highest BCUT2D eigenvalue weighted by Gasteiger charge is 2.42. The molecule has 1 atom stereocenters. The van der Waals surface area contributed by atoms with Crippen molar-refractivity contribution in [3.8, 4) is 0 Å². The van der Waals surface area contributed by atoms with Gasteiger partial charge in [-0.15, -0.1) is 0 Å². The highest BCUT2D eigenvalue weighted by atomic mass is 32.2. The number of benzene rings is 3. The first-order chi connectivity index (χ1) is 23.7. The minimum absolute atomic E-state index is 0.0614. The van der Waals surface area contributed by atoms with Crippen LogP contribution >= 0.6 is 0 Å². The molecule has 0 aliphatic carbocycles. The topological polar surface area (TPSA) is 116 Å². The van der Waals surface area contributed by atoms with E-state index in [0.717, 1.165) is 44.5 Å². The summed E-state index contributed by atoms with van der Waals surface area (Å²) in [6, 6.07) is 26.7. The van der Waals surface area contributed by atoms with E-state index in [4.69, 9.17) is 9.98 Å². The van der Waals surface area contributed by atoms with Crippen LogP contribution in [-0.2, 0) is 9.84 Å². The van der Waals surface area contributed by atoms with Gasteiger partial charge in [-0.2, -0.15) is 4.98 Å². The molecule has 0 amide bonds. The van der Waals surface area contributed by atoms with E-state index in [1.807, 2.05) is 67.7 Å². The van der Waals surface area contributed by atoms with Gasteiger partial charge in [0.15, 0.2) is 9.84 Å². The molecule has 1 unspecified atom stereocenters. The second-order valence-corrected chi connectivity index (χ2v) is 15.7. The van der Waals surface area contributed by atoms with Crippen LogP contribution < -0.4 is 20.4 Å². The van der Waals surface area contributed by atoms with E-state index in [1.165, 1.54) is 0 Å². The first-order valence-electron chi connectivity index (χ1n) is 16.8. The lowest BCUT2D eigenvalue weighted by Crippen LogP contribution is -2.59. The molecular weight excluding hydrogens is 633 g/mol. The van der Waals surface area contributed by atoms with Crippen molar-refractivity contribution in [2.45, 2.75) is 25.0 Å². The molecule has 2 aliphatic heterocycles. The van der Waals surface area contributed by atoms with Crippen LogP contribution in [0.15, 0.2) is 96.2 Å². The zero-order valence-electron chi connectivity index (χ0n) is 28.3. The standard InChI is InChI=1S/C38H42N8O2S/c1-25(2)36-29-19-35(43-34-15-16-40-38(44-34)45(3)4)41-21-30(29)32(46-23-28(24-46)33-22-39-17-18-49(33,47)48)20-31(36)42-37(26-11-7-5-8-12-26)27-13-9-6-10-14-27/h5-16,19-21,25,28,33,39H,17-18,22-24H2,1-4H3,(H,40,41,43,44). The number of rotatable bonds is 9. The van der Waals surface area contributed by atoms with Crippen LogP contribution in [0.4, 0.5) is 29.0 Å². The Bertz CT molecular complexity index is 2060. The van der Waals surface area contributed by atoms with E-state index in [2.05, 4.69) is 75.7 Å². The molecule has 0 radical (unpaired) electrons. The summed E-state index contributed by atoms with van der Waals surface area (Å²) in [6.45, 7) is 6.74. The number of aromatic nitrogens is 3. The third-order valence-corrected chi connectivity index (χ3v) is 11.6. The van der Waals surface area contributed by atoms with Crippen molar-refractivity contribution in [1.29, 1.82) is 0 Å². The first-order valence-corrected chi connectivity index (χ1v) is 18.5. The summed E-state index contributed by atoms with van der Waals surface area (Å²) in [5, 5.41) is 8.37. The Balaban J connectivity index is 1.38. The van der Waals surface area contributed by atoms with E-state index in [9.17, 15) is 8.42 Å². The van der Waals surface area contributed by atoms with Gasteiger partial charge in [-0.1, -0.05) is 74.5 Å². The van der Waals surface area contributed by atoms with Crippen LogP contribution in [0.5, 0.6) is 0 Å². The molecule has 10 nitrogen and oxygen atoms in total. The van der Waals surface area contributed by atoms with Crippen LogP contribution in [0.3, 0.4) is 0 Å². The molecule has 2 aliphatic rings. The summed E-state index contributed by atoms with van der Waals surface area (Å²) in [5.74, 6) is 2.31. The SMILES string of the molecule is CC(C)c1c(N=C(c2ccccc2)c2ccccc2)cc(N2CC(C3CNCCS3(=O)=O)C2)c2cnc(Nc3ccnc(N(C)C)n3)cc12. The lowest BCUT2D eigenvalue weighted by atomic mass is 9.90. The summed E-state index contributed by atoms with van der Waals surface area (Å²) in [7, 11) is 0.693. The lowest BCUT2D eigenvalue weighted by molar-refractivity contribution is 0.368. The molecule has 2 aromatic heterocycles. The second-order valence-electron chi connectivity index (χ2n) is 13.3. The molecule has 4 heterocycles. The normalized spacial score (nSPS) is 17.5. The average molecular weight is 675 g/mol. The van der Waals surface area contributed by atoms with Gasteiger partial charge >= 0.3 is 0 Å². The number of hydrogen-bond acceptors (Lipinski definition) is 10. The van der Waals surface area contributed by atoms with Crippen molar-refractivity contribution in [3.63, 3.8) is 0 Å². The lowest BCUT2D eigenvalue weighted by Gasteiger charge is -2.46. The van der Waals surface area contributed by atoms with Crippen LogP contribution in [0, 0.1) is 5.92 Å². The monoisotopic (exact) mass is 674 g/mol. The molecule has 2 fully saturated rings. The van der Waals surface area contributed by atoms with E-state index >= 15 is 0 Å². The molecule has 2 saturated heterocycles. The van der Waals surface area contributed by atoms with Crippen LogP contribution in [0.25, 0.3) is 10.8 Å². The van der Waals surface area contributed by atoms with Crippen molar-refractivity contribution in [3.05, 3.63) is 108 Å². The number of hydrogen-bond donors (Lipinski definition) is 2. The van der Waals surface area contributed by atoms with Gasteiger partial charge in [0.1, 0.15) is 11.6 Å². The number of nitrogens with zero attached hydrogens (tertiary/aromatic N) is 6. The van der Waals surface area contributed by atoms with Crippen LogP contribution in [0.1, 0.15) is 36.5 Å². The molecular formula is C38H42N8O2S. The largest absolute Gasteiger partial charge is 0.370 e. The predicted octanol–water partition coefficient (Wildman–Crippen LogP) is 5.95. The zero-order chi connectivity index (χ0) is 34.1. The van der Waals surface area contributed by atoms with Crippen molar-refractivity contribution in [2.24, 2.45) is 10.9 Å². The number of pyridine rings is 1. The minimum atomic E-state index is -3.12. The Morgan fingerprint density at radius 2 is 1.63 bits per heavy atom. The number of nitrogens with one attached hydrogen (secondary N) is 2. The van der Waals surface area contributed by atoms with Gasteiger partial charge in [-0.3, -0.25) is 0 Å². The third-order valence-electron chi connectivity index (χ3n) is 9.37. The minimum Gasteiger partial charge on any atom is -0.370 e. The molecule has 0 saturated carbocycles. The second kappa shape index (κ2) is 13.6. The molecule has 49 heavy (non-hydrogen) atoms. The Morgan fingerprint density at radius 3 is 2.27 bits per heavy atom. The first kappa shape index (κ1) is 32.7.